The summed E-state index contributed by atoms with van der Waals surface area (Å²) in [5.74, 6) is -0.486. The molecule has 104 valence electrons. The van der Waals surface area contributed by atoms with Crippen molar-refractivity contribution >= 4 is 28.6 Å². The van der Waals surface area contributed by atoms with Gasteiger partial charge in [-0.05, 0) is 46.9 Å². The zero-order valence-electron chi connectivity index (χ0n) is 10.5. The predicted octanol–water partition coefficient (Wildman–Crippen LogP) is 2.23. The minimum absolute atomic E-state index is 0.0925. The Morgan fingerprint density at radius 2 is 2.10 bits per heavy atom. The first-order valence-corrected chi connectivity index (χ1v) is 6.97. The lowest BCUT2D eigenvalue weighted by molar-refractivity contribution is 0.0696. The van der Waals surface area contributed by atoms with Crippen LogP contribution in [-0.4, -0.2) is 22.2 Å². The fourth-order valence-electron chi connectivity index (χ4n) is 1.65. The van der Waals surface area contributed by atoms with Crippen LogP contribution in [-0.2, 0) is 6.54 Å². The van der Waals surface area contributed by atoms with Gasteiger partial charge in [-0.2, -0.15) is 0 Å². The van der Waals surface area contributed by atoms with Gasteiger partial charge in [0.15, 0.2) is 0 Å². The monoisotopic (exact) mass is 385 g/mol. The lowest BCUT2D eigenvalue weighted by Crippen LogP contribution is -2.21. The third-order valence-corrected chi connectivity index (χ3v) is 3.56. The second-order valence-electron chi connectivity index (χ2n) is 4.03. The number of nitrogens with zero attached hydrogens (tertiary/aromatic N) is 1. The lowest BCUT2D eigenvalue weighted by Gasteiger charge is -2.10. The average Bonchev–Trinajstić information content (AvgIpc) is 2.42. The zero-order chi connectivity index (χ0) is 14.5. The summed E-state index contributed by atoms with van der Waals surface area (Å²) in [5, 5.41) is 8.94. The molecule has 0 radical (unpaired) electrons. The van der Waals surface area contributed by atoms with Crippen molar-refractivity contribution in [1.82, 2.24) is 4.57 Å². The molecule has 5 nitrogen and oxygen atoms in total. The minimum atomic E-state index is -0.995. The molecule has 0 fully saturated rings. The van der Waals surface area contributed by atoms with E-state index in [0.29, 0.717) is 18.9 Å². The molecule has 1 heterocycles. The van der Waals surface area contributed by atoms with Crippen LogP contribution in [0.5, 0.6) is 5.75 Å². The Labute approximate surface area is 129 Å². The van der Waals surface area contributed by atoms with E-state index in [4.69, 9.17) is 9.84 Å². The fourth-order valence-corrected chi connectivity index (χ4v) is 2.14. The van der Waals surface area contributed by atoms with Crippen molar-refractivity contribution in [2.24, 2.45) is 0 Å². The van der Waals surface area contributed by atoms with E-state index in [-0.39, 0.29) is 11.1 Å². The maximum Gasteiger partial charge on any atom is 0.335 e. The molecular formula is C14H12INO4. The topological polar surface area (TPSA) is 68.5 Å². The highest BCUT2D eigenvalue weighted by atomic mass is 127. The number of rotatable bonds is 5. The standard InChI is InChI=1S/C14H12INO4/c15-11-5-4-10(14(18)19)9-12(11)20-8-7-16-6-2-1-3-13(16)17/h1-6,9H,7-8H2,(H,18,19). The molecule has 0 spiro atoms. The van der Waals surface area contributed by atoms with E-state index in [1.165, 1.54) is 22.8 Å². The van der Waals surface area contributed by atoms with Gasteiger partial charge in [0.25, 0.3) is 5.56 Å². The van der Waals surface area contributed by atoms with Gasteiger partial charge in [-0.3, -0.25) is 4.79 Å². The largest absolute Gasteiger partial charge is 0.491 e. The van der Waals surface area contributed by atoms with Crippen LogP contribution in [0.4, 0.5) is 0 Å². The Kier molecular flexibility index (Phi) is 4.78. The van der Waals surface area contributed by atoms with E-state index in [1.807, 2.05) is 0 Å². The summed E-state index contributed by atoms with van der Waals surface area (Å²) < 4.78 is 7.92. The van der Waals surface area contributed by atoms with Crippen LogP contribution in [0.3, 0.4) is 0 Å². The van der Waals surface area contributed by atoms with Crippen LogP contribution in [0.15, 0.2) is 47.4 Å². The molecule has 2 rings (SSSR count). The van der Waals surface area contributed by atoms with E-state index in [1.54, 1.807) is 24.4 Å². The van der Waals surface area contributed by atoms with Gasteiger partial charge >= 0.3 is 5.97 Å². The first-order chi connectivity index (χ1) is 9.58. The van der Waals surface area contributed by atoms with Crippen LogP contribution in [0.2, 0.25) is 0 Å². The smallest absolute Gasteiger partial charge is 0.335 e. The molecule has 0 saturated carbocycles. The molecule has 0 bridgehead atoms. The number of halogens is 1. The third kappa shape index (κ3) is 3.60. The Balaban J connectivity index is 2.04. The molecule has 0 unspecified atom stereocenters. The Bertz CT molecular complexity index is 681. The highest BCUT2D eigenvalue weighted by Gasteiger charge is 2.08. The number of carbonyl (C=O) groups is 1. The van der Waals surface area contributed by atoms with Crippen molar-refractivity contribution < 1.29 is 14.6 Å². The average molecular weight is 385 g/mol. The second kappa shape index (κ2) is 6.56. The number of hydrogen-bond donors (Lipinski definition) is 1. The van der Waals surface area contributed by atoms with Crippen LogP contribution >= 0.6 is 22.6 Å². The van der Waals surface area contributed by atoms with Crippen molar-refractivity contribution in [3.8, 4) is 5.75 Å². The van der Waals surface area contributed by atoms with Gasteiger partial charge in [-0.25, -0.2) is 4.79 Å². The van der Waals surface area contributed by atoms with Gasteiger partial charge in [0.05, 0.1) is 15.7 Å². The van der Waals surface area contributed by atoms with E-state index in [0.717, 1.165) is 3.57 Å². The summed E-state index contributed by atoms with van der Waals surface area (Å²) in [7, 11) is 0. The molecule has 1 aromatic heterocycles. The highest BCUT2D eigenvalue weighted by molar-refractivity contribution is 14.1. The summed E-state index contributed by atoms with van der Waals surface area (Å²) in [5.41, 5.74) is 0.0855. The van der Waals surface area contributed by atoms with Gasteiger partial charge in [0.1, 0.15) is 12.4 Å². The second-order valence-corrected chi connectivity index (χ2v) is 5.19. The van der Waals surface area contributed by atoms with Crippen molar-refractivity contribution in [3.63, 3.8) is 0 Å². The normalized spacial score (nSPS) is 10.2. The first-order valence-electron chi connectivity index (χ1n) is 5.89. The van der Waals surface area contributed by atoms with E-state index in [9.17, 15) is 9.59 Å². The van der Waals surface area contributed by atoms with E-state index in [2.05, 4.69) is 22.6 Å². The number of hydrogen-bond acceptors (Lipinski definition) is 3. The summed E-state index contributed by atoms with van der Waals surface area (Å²) in [6.45, 7) is 0.704. The van der Waals surface area contributed by atoms with Crippen molar-refractivity contribution in [3.05, 3.63) is 62.1 Å². The minimum Gasteiger partial charge on any atom is -0.491 e. The zero-order valence-corrected chi connectivity index (χ0v) is 12.6. The van der Waals surface area contributed by atoms with E-state index >= 15 is 0 Å². The van der Waals surface area contributed by atoms with Crippen molar-refractivity contribution in [2.45, 2.75) is 6.54 Å². The molecule has 6 heteroatoms. The van der Waals surface area contributed by atoms with Gasteiger partial charge in [-0.1, -0.05) is 6.07 Å². The number of ether oxygens (including phenoxy) is 1. The Morgan fingerprint density at radius 1 is 1.30 bits per heavy atom. The van der Waals surface area contributed by atoms with Crippen molar-refractivity contribution in [1.29, 1.82) is 0 Å². The maximum absolute atomic E-state index is 11.5. The van der Waals surface area contributed by atoms with Crippen molar-refractivity contribution in [2.75, 3.05) is 6.61 Å². The number of carboxylic acids is 1. The molecule has 1 N–H and O–H groups in total. The molecule has 2 aromatic rings. The fraction of sp³-hybridized carbons (Fsp3) is 0.143. The van der Waals surface area contributed by atoms with Crippen LogP contribution in [0.25, 0.3) is 0 Å². The maximum atomic E-state index is 11.5. The lowest BCUT2D eigenvalue weighted by atomic mass is 10.2. The summed E-state index contributed by atoms with van der Waals surface area (Å²) >= 11 is 2.08. The summed E-state index contributed by atoms with van der Waals surface area (Å²) in [6.07, 6.45) is 1.68. The first kappa shape index (κ1) is 14.6. The van der Waals surface area contributed by atoms with E-state index < -0.39 is 5.97 Å². The molecule has 0 aliphatic heterocycles. The predicted molar refractivity (Wildman–Crippen MR) is 82.3 cm³/mol. The number of pyridine rings is 1. The molecule has 0 aliphatic carbocycles. The Morgan fingerprint density at radius 3 is 2.80 bits per heavy atom. The van der Waals surface area contributed by atoms with Gasteiger partial charge in [0.2, 0.25) is 0 Å². The number of aromatic carboxylic acids is 1. The van der Waals surface area contributed by atoms with Crippen LogP contribution < -0.4 is 10.3 Å². The quantitative estimate of drug-likeness (QED) is 0.802. The third-order valence-electron chi connectivity index (χ3n) is 2.67. The van der Waals surface area contributed by atoms with Gasteiger partial charge in [0, 0.05) is 12.3 Å². The van der Waals surface area contributed by atoms with Crippen LogP contribution in [0.1, 0.15) is 10.4 Å². The summed E-state index contributed by atoms with van der Waals surface area (Å²) in [4.78, 5) is 22.4. The number of aromatic nitrogens is 1. The number of carboxylic acid groups (broad SMARTS) is 1. The molecule has 0 amide bonds. The molecule has 0 aliphatic rings. The van der Waals surface area contributed by atoms with Crippen LogP contribution in [0, 0.1) is 3.57 Å². The van der Waals surface area contributed by atoms with Gasteiger partial charge in [-0.15, -0.1) is 0 Å². The highest BCUT2D eigenvalue weighted by Crippen LogP contribution is 2.22. The molecule has 20 heavy (non-hydrogen) atoms. The Hall–Kier alpha value is -1.83. The SMILES string of the molecule is O=C(O)c1ccc(I)c(OCCn2ccccc2=O)c1. The number of benzene rings is 1. The van der Waals surface area contributed by atoms with Gasteiger partial charge < -0.3 is 14.4 Å². The molecular weight excluding hydrogens is 373 g/mol. The molecule has 0 atom stereocenters. The summed E-state index contributed by atoms with van der Waals surface area (Å²) in [6, 6.07) is 9.63. The molecule has 1 aromatic carbocycles. The molecule has 0 saturated heterocycles.